The van der Waals surface area contributed by atoms with E-state index in [9.17, 15) is 0 Å². The van der Waals surface area contributed by atoms with Crippen LogP contribution in [0.2, 0.25) is 0 Å². The molecule has 1 fully saturated rings. The van der Waals surface area contributed by atoms with Crippen molar-refractivity contribution in [3.63, 3.8) is 0 Å². The fourth-order valence-corrected chi connectivity index (χ4v) is 2.79. The van der Waals surface area contributed by atoms with Crippen LogP contribution in [0.5, 0.6) is 0 Å². The molecular formula is C13H22N2O. The summed E-state index contributed by atoms with van der Waals surface area (Å²) in [5.41, 5.74) is 8.36. The van der Waals surface area contributed by atoms with Crippen LogP contribution in [-0.2, 0) is 11.8 Å². The molecule has 1 aromatic heterocycles. The molecule has 3 heteroatoms. The van der Waals surface area contributed by atoms with Gasteiger partial charge in [0, 0.05) is 11.0 Å². The Labute approximate surface area is 97.4 Å². The zero-order valence-corrected chi connectivity index (χ0v) is 10.5. The molecule has 0 bridgehead atoms. The van der Waals surface area contributed by atoms with Crippen molar-refractivity contribution in [2.75, 3.05) is 5.73 Å². The van der Waals surface area contributed by atoms with Gasteiger partial charge in [0.2, 0.25) is 5.88 Å². The van der Waals surface area contributed by atoms with Gasteiger partial charge in [-0.1, -0.05) is 38.8 Å². The summed E-state index contributed by atoms with van der Waals surface area (Å²) in [6, 6.07) is 0. The second-order valence-electron chi connectivity index (χ2n) is 5.74. The lowest BCUT2D eigenvalue weighted by atomic mass is 9.81. The number of nitrogen functional groups attached to an aromatic ring is 1. The van der Waals surface area contributed by atoms with Crippen molar-refractivity contribution >= 4 is 5.88 Å². The van der Waals surface area contributed by atoms with Gasteiger partial charge in [-0.3, -0.25) is 0 Å². The highest BCUT2D eigenvalue weighted by molar-refractivity contribution is 5.42. The zero-order chi connectivity index (χ0) is 11.8. The second kappa shape index (κ2) is 4.11. The van der Waals surface area contributed by atoms with Crippen LogP contribution in [0.25, 0.3) is 0 Å². The van der Waals surface area contributed by atoms with Crippen LogP contribution in [0.1, 0.15) is 57.7 Å². The molecule has 0 atom stereocenters. The summed E-state index contributed by atoms with van der Waals surface area (Å²) in [5, 5.41) is 4.22. The first kappa shape index (κ1) is 11.5. The molecule has 1 saturated carbocycles. The average Bonchev–Trinajstić information content (AvgIpc) is 2.76. The lowest BCUT2D eigenvalue weighted by molar-refractivity contribution is 0.386. The standard InChI is InChI=1S/C13H22N2O/c1-9(2)8-10-11(15-16-12(10)14)13(3)6-4-5-7-13/h9H,4-8,14H2,1-3H3. The molecule has 16 heavy (non-hydrogen) atoms. The van der Waals surface area contributed by atoms with Crippen LogP contribution in [0.3, 0.4) is 0 Å². The van der Waals surface area contributed by atoms with Crippen LogP contribution >= 0.6 is 0 Å². The molecule has 0 amide bonds. The summed E-state index contributed by atoms with van der Waals surface area (Å²) in [6.45, 7) is 6.70. The van der Waals surface area contributed by atoms with E-state index in [0.29, 0.717) is 11.8 Å². The number of hydrogen-bond acceptors (Lipinski definition) is 3. The van der Waals surface area contributed by atoms with Gasteiger partial charge in [-0.2, -0.15) is 0 Å². The predicted molar refractivity (Wildman–Crippen MR) is 65.3 cm³/mol. The average molecular weight is 222 g/mol. The first-order chi connectivity index (χ1) is 7.53. The molecule has 1 aliphatic carbocycles. The van der Waals surface area contributed by atoms with Gasteiger partial charge in [0.1, 0.15) is 0 Å². The highest BCUT2D eigenvalue weighted by Crippen LogP contribution is 2.42. The summed E-state index contributed by atoms with van der Waals surface area (Å²) in [6.07, 6.45) is 5.99. The third kappa shape index (κ3) is 1.95. The molecule has 0 aliphatic heterocycles. The van der Waals surface area contributed by atoms with Gasteiger partial charge in [-0.25, -0.2) is 0 Å². The quantitative estimate of drug-likeness (QED) is 0.853. The van der Waals surface area contributed by atoms with E-state index in [1.54, 1.807) is 0 Å². The Morgan fingerprint density at radius 2 is 2.00 bits per heavy atom. The monoisotopic (exact) mass is 222 g/mol. The van der Waals surface area contributed by atoms with Crippen molar-refractivity contribution in [3.05, 3.63) is 11.3 Å². The van der Waals surface area contributed by atoms with Gasteiger partial charge in [-0.05, 0) is 25.2 Å². The minimum absolute atomic E-state index is 0.200. The molecule has 0 aromatic carbocycles. The number of nitrogens with two attached hydrogens (primary N) is 1. The van der Waals surface area contributed by atoms with E-state index in [2.05, 4.69) is 25.9 Å². The van der Waals surface area contributed by atoms with Gasteiger partial charge in [0.05, 0.1) is 5.69 Å². The summed E-state index contributed by atoms with van der Waals surface area (Å²) >= 11 is 0. The highest BCUT2D eigenvalue weighted by atomic mass is 16.5. The third-order valence-electron chi connectivity index (χ3n) is 3.71. The summed E-state index contributed by atoms with van der Waals surface area (Å²) in [7, 11) is 0. The maximum absolute atomic E-state index is 5.89. The molecular weight excluding hydrogens is 200 g/mol. The molecule has 2 N–H and O–H groups in total. The van der Waals surface area contributed by atoms with E-state index in [1.165, 1.54) is 25.7 Å². The van der Waals surface area contributed by atoms with E-state index in [4.69, 9.17) is 10.3 Å². The van der Waals surface area contributed by atoms with Gasteiger partial charge in [0.25, 0.3) is 0 Å². The maximum Gasteiger partial charge on any atom is 0.225 e. The van der Waals surface area contributed by atoms with Crippen LogP contribution in [0.15, 0.2) is 4.52 Å². The first-order valence-electron chi connectivity index (χ1n) is 6.27. The van der Waals surface area contributed by atoms with Gasteiger partial charge < -0.3 is 10.3 Å². The lowest BCUT2D eigenvalue weighted by Crippen LogP contribution is -2.20. The summed E-state index contributed by atoms with van der Waals surface area (Å²) < 4.78 is 5.20. The third-order valence-corrected chi connectivity index (χ3v) is 3.71. The topological polar surface area (TPSA) is 52.0 Å². The second-order valence-corrected chi connectivity index (χ2v) is 5.74. The van der Waals surface area contributed by atoms with Crippen LogP contribution < -0.4 is 5.73 Å². The molecule has 1 aliphatic rings. The van der Waals surface area contributed by atoms with Crippen LogP contribution in [0.4, 0.5) is 5.88 Å². The van der Waals surface area contributed by atoms with E-state index in [-0.39, 0.29) is 5.41 Å². The minimum Gasteiger partial charge on any atom is -0.367 e. The molecule has 3 nitrogen and oxygen atoms in total. The lowest BCUT2D eigenvalue weighted by Gasteiger charge is -2.22. The number of aromatic nitrogens is 1. The molecule has 1 heterocycles. The molecule has 2 rings (SSSR count). The molecule has 0 radical (unpaired) electrons. The Kier molecular flexibility index (Phi) is 2.96. The molecule has 0 saturated heterocycles. The normalized spacial score (nSPS) is 19.5. The fourth-order valence-electron chi connectivity index (χ4n) is 2.79. The minimum atomic E-state index is 0.200. The van der Waals surface area contributed by atoms with Crippen LogP contribution in [-0.4, -0.2) is 5.16 Å². The van der Waals surface area contributed by atoms with Crippen molar-refractivity contribution in [2.45, 2.75) is 58.3 Å². The molecule has 0 unspecified atom stereocenters. The van der Waals surface area contributed by atoms with Crippen molar-refractivity contribution in [3.8, 4) is 0 Å². The van der Waals surface area contributed by atoms with Crippen molar-refractivity contribution in [1.29, 1.82) is 0 Å². The molecule has 1 aromatic rings. The summed E-state index contributed by atoms with van der Waals surface area (Å²) in [4.78, 5) is 0. The number of hydrogen-bond donors (Lipinski definition) is 1. The van der Waals surface area contributed by atoms with E-state index < -0.39 is 0 Å². The smallest absolute Gasteiger partial charge is 0.225 e. The highest BCUT2D eigenvalue weighted by Gasteiger charge is 2.36. The van der Waals surface area contributed by atoms with Crippen molar-refractivity contribution in [2.24, 2.45) is 5.92 Å². The van der Waals surface area contributed by atoms with E-state index in [1.807, 2.05) is 0 Å². The zero-order valence-electron chi connectivity index (χ0n) is 10.5. The van der Waals surface area contributed by atoms with Gasteiger partial charge in [-0.15, -0.1) is 0 Å². The van der Waals surface area contributed by atoms with Gasteiger partial charge >= 0.3 is 0 Å². The number of anilines is 1. The maximum atomic E-state index is 5.89. The Balaban J connectivity index is 2.33. The number of rotatable bonds is 3. The largest absolute Gasteiger partial charge is 0.367 e. The first-order valence-corrected chi connectivity index (χ1v) is 6.27. The Hall–Kier alpha value is -0.990. The Morgan fingerprint density at radius 1 is 1.38 bits per heavy atom. The Morgan fingerprint density at radius 3 is 2.56 bits per heavy atom. The van der Waals surface area contributed by atoms with E-state index in [0.717, 1.165) is 17.7 Å². The van der Waals surface area contributed by atoms with Crippen LogP contribution in [0, 0.1) is 5.92 Å². The van der Waals surface area contributed by atoms with Crippen molar-refractivity contribution < 1.29 is 4.52 Å². The molecule has 0 spiro atoms. The predicted octanol–water partition coefficient (Wildman–Crippen LogP) is 3.29. The van der Waals surface area contributed by atoms with Gasteiger partial charge in [0.15, 0.2) is 0 Å². The summed E-state index contributed by atoms with van der Waals surface area (Å²) in [5.74, 6) is 1.11. The molecule has 90 valence electrons. The fraction of sp³-hybridized carbons (Fsp3) is 0.769. The number of nitrogens with zero attached hydrogens (tertiary/aromatic N) is 1. The Bertz CT molecular complexity index is 362. The van der Waals surface area contributed by atoms with Crippen molar-refractivity contribution in [1.82, 2.24) is 5.16 Å². The van der Waals surface area contributed by atoms with E-state index >= 15 is 0 Å². The SMILES string of the molecule is CC(C)Cc1c(C2(C)CCCC2)noc1N.